The zero-order valence-corrected chi connectivity index (χ0v) is 35.8. The fraction of sp³-hybridized carbons (Fsp3) is 0.565. The van der Waals surface area contributed by atoms with Gasteiger partial charge >= 0.3 is 5.97 Å². The van der Waals surface area contributed by atoms with Crippen molar-refractivity contribution in [2.75, 3.05) is 43.0 Å². The number of nitrogens with one attached hydrogen (secondary N) is 1. The molecule has 13 heteroatoms. The lowest BCUT2D eigenvalue weighted by molar-refractivity contribution is -0.248. The minimum Gasteiger partial charge on any atom is -0.476 e. The molecular formula is C46H57N9O3S. The highest BCUT2D eigenvalue weighted by Gasteiger charge is 2.66. The summed E-state index contributed by atoms with van der Waals surface area (Å²) in [7, 11) is 0. The van der Waals surface area contributed by atoms with Crippen molar-refractivity contribution in [1.29, 1.82) is 0 Å². The van der Waals surface area contributed by atoms with Gasteiger partial charge in [0.05, 0.1) is 28.6 Å². The monoisotopic (exact) mass is 815 g/mol. The molecule has 12 nitrogen and oxygen atoms in total. The van der Waals surface area contributed by atoms with E-state index in [0.717, 1.165) is 89.5 Å². The summed E-state index contributed by atoms with van der Waals surface area (Å²) in [4.78, 5) is 27.1. The first kappa shape index (κ1) is 38.7. The van der Waals surface area contributed by atoms with Gasteiger partial charge in [-0.25, -0.2) is 14.8 Å². The second-order valence-corrected chi connectivity index (χ2v) is 20.5. The second-order valence-electron chi connectivity index (χ2n) is 19.5. The van der Waals surface area contributed by atoms with Crippen molar-refractivity contribution < 1.29 is 14.6 Å². The van der Waals surface area contributed by atoms with Crippen molar-refractivity contribution in [3.8, 4) is 11.1 Å². The van der Waals surface area contributed by atoms with E-state index in [1.807, 2.05) is 41.4 Å². The first-order valence-corrected chi connectivity index (χ1v) is 22.6. The standard InChI is InChI=1S/C46H57N9O3S/c1-30-32-12-11-19-54(40(32)52-51-39(30)50-42-48-35-13-7-8-14-36(35)59-42)37-16-15-33(38(49-37)41(56)57)34-22-47-55(31(34)2)29-45-24-43(3)23-44(4,25-45)27-46(26-43,28-45)58-21-20-53-17-9-5-6-10-18-53/h7-8,13-16,22H,5-6,9-12,17-21,23-29H2,1-4H3,(H,56,57)(H,48,50,51)/t43-,44+,45+,46-. The largest absolute Gasteiger partial charge is 0.476 e. The Bertz CT molecular complexity index is 2370. The van der Waals surface area contributed by atoms with Crippen LogP contribution in [0.5, 0.6) is 0 Å². The number of rotatable bonds is 11. The number of para-hydroxylation sites is 1. The number of hydrogen-bond acceptors (Lipinski definition) is 11. The van der Waals surface area contributed by atoms with E-state index in [1.165, 1.54) is 58.0 Å². The van der Waals surface area contributed by atoms with E-state index in [4.69, 9.17) is 19.8 Å². The van der Waals surface area contributed by atoms with E-state index in [0.29, 0.717) is 29.6 Å². The number of carbonyl (C=O) groups is 1. The SMILES string of the molecule is Cc1c(Nc2nc3ccccc3s2)nnc2c1CCCN2c1ccc(-c2cnn(C[C@]34C[C@]5(C)C[C@](C)(C3)C[C@@](OCCN3CCCCCC3)(C5)C4)c2C)c(C(=O)O)n1. The normalized spacial score (nSPS) is 27.9. The van der Waals surface area contributed by atoms with E-state index in [2.05, 4.69) is 58.9 Å². The number of carboxylic acid groups (broad SMARTS) is 1. The first-order valence-electron chi connectivity index (χ1n) is 21.8. The Balaban J connectivity index is 0.893. The predicted octanol–water partition coefficient (Wildman–Crippen LogP) is 9.50. The van der Waals surface area contributed by atoms with Crippen molar-refractivity contribution in [1.82, 2.24) is 34.8 Å². The number of anilines is 4. The summed E-state index contributed by atoms with van der Waals surface area (Å²) in [6, 6.07) is 11.9. The molecule has 6 aliphatic rings. The number of carboxylic acids is 1. The molecule has 59 heavy (non-hydrogen) atoms. The van der Waals surface area contributed by atoms with Crippen LogP contribution in [0.15, 0.2) is 42.6 Å². The number of nitrogens with zero attached hydrogens (tertiary/aromatic N) is 8. The molecule has 0 unspecified atom stereocenters. The number of fused-ring (bicyclic) bond motifs is 2. The molecule has 2 aliphatic heterocycles. The number of benzene rings is 1. The van der Waals surface area contributed by atoms with Gasteiger partial charge in [-0.15, -0.1) is 10.2 Å². The van der Waals surface area contributed by atoms with Gasteiger partial charge in [-0.2, -0.15) is 5.10 Å². The predicted molar refractivity (Wildman–Crippen MR) is 232 cm³/mol. The zero-order chi connectivity index (χ0) is 40.6. The average molecular weight is 816 g/mol. The lowest BCUT2D eigenvalue weighted by atomic mass is 9.39. The molecule has 0 spiro atoms. The Labute approximate surface area is 350 Å². The summed E-state index contributed by atoms with van der Waals surface area (Å²) in [5.74, 6) is 0.874. The van der Waals surface area contributed by atoms with E-state index < -0.39 is 5.97 Å². The highest BCUT2D eigenvalue weighted by molar-refractivity contribution is 7.22. The first-order chi connectivity index (χ1) is 28.4. The highest BCUT2D eigenvalue weighted by Crippen LogP contribution is 2.72. The molecule has 4 aromatic heterocycles. The van der Waals surface area contributed by atoms with Crippen molar-refractivity contribution in [3.05, 3.63) is 65.1 Å². The number of ether oxygens (including phenoxy) is 1. The van der Waals surface area contributed by atoms with Crippen LogP contribution in [0.1, 0.15) is 112 Å². The number of thiazole rings is 1. The Morgan fingerprint density at radius 2 is 1.66 bits per heavy atom. The van der Waals surface area contributed by atoms with Crippen LogP contribution in [0.4, 0.5) is 22.6 Å². The van der Waals surface area contributed by atoms with E-state index >= 15 is 0 Å². The molecular weight excluding hydrogens is 759 g/mol. The smallest absolute Gasteiger partial charge is 0.355 e. The summed E-state index contributed by atoms with van der Waals surface area (Å²) in [5, 5.41) is 29.0. The third kappa shape index (κ3) is 7.20. The van der Waals surface area contributed by atoms with Gasteiger partial charge in [0, 0.05) is 47.6 Å². The van der Waals surface area contributed by atoms with Crippen molar-refractivity contribution >= 4 is 50.1 Å². The second kappa shape index (κ2) is 14.6. The molecule has 1 saturated heterocycles. The fourth-order valence-electron chi connectivity index (χ4n) is 13.0. The summed E-state index contributed by atoms with van der Waals surface area (Å²) in [6.45, 7) is 14.9. The van der Waals surface area contributed by atoms with Gasteiger partial charge < -0.3 is 25.0 Å². The van der Waals surface area contributed by atoms with Gasteiger partial charge in [0.2, 0.25) is 0 Å². The van der Waals surface area contributed by atoms with Crippen LogP contribution in [-0.4, -0.2) is 84.3 Å². The number of pyridine rings is 1. The Morgan fingerprint density at radius 3 is 2.42 bits per heavy atom. The van der Waals surface area contributed by atoms with Crippen molar-refractivity contribution in [3.63, 3.8) is 0 Å². The summed E-state index contributed by atoms with van der Waals surface area (Å²) in [5.41, 5.74) is 5.89. The molecule has 310 valence electrons. The van der Waals surface area contributed by atoms with E-state index in [9.17, 15) is 9.90 Å². The quantitative estimate of drug-likeness (QED) is 0.132. The highest BCUT2D eigenvalue weighted by atomic mass is 32.1. The summed E-state index contributed by atoms with van der Waals surface area (Å²) < 4.78 is 10.4. The molecule has 0 amide bonds. The van der Waals surface area contributed by atoms with Crippen LogP contribution in [0.2, 0.25) is 0 Å². The minimum absolute atomic E-state index is 0.0164. The zero-order valence-electron chi connectivity index (χ0n) is 35.0. The number of likely N-dealkylation sites (tertiary alicyclic amines) is 1. The Hall–Kier alpha value is -4.46. The Morgan fingerprint density at radius 1 is 0.881 bits per heavy atom. The van der Waals surface area contributed by atoms with Gasteiger partial charge in [-0.05, 0) is 132 Å². The fourth-order valence-corrected chi connectivity index (χ4v) is 13.9. The third-order valence-corrected chi connectivity index (χ3v) is 15.3. The van der Waals surface area contributed by atoms with Gasteiger partial charge in [0.15, 0.2) is 22.5 Å². The molecule has 4 saturated carbocycles. The summed E-state index contributed by atoms with van der Waals surface area (Å²) in [6.07, 6.45) is 15.9. The molecule has 4 atom stereocenters. The Kier molecular flexibility index (Phi) is 9.60. The topological polar surface area (TPSA) is 134 Å². The van der Waals surface area contributed by atoms with Gasteiger partial charge in [0.1, 0.15) is 5.82 Å². The van der Waals surface area contributed by atoms with E-state index in [-0.39, 0.29) is 27.5 Å². The average Bonchev–Trinajstić information content (AvgIpc) is 3.65. The van der Waals surface area contributed by atoms with E-state index in [1.54, 1.807) is 11.3 Å². The lowest BCUT2D eigenvalue weighted by Gasteiger charge is -2.69. The summed E-state index contributed by atoms with van der Waals surface area (Å²) >= 11 is 1.58. The lowest BCUT2D eigenvalue weighted by Crippen LogP contribution is -2.64. The van der Waals surface area contributed by atoms with Gasteiger partial charge in [-0.1, -0.05) is 50.2 Å². The van der Waals surface area contributed by atoms with Crippen LogP contribution < -0.4 is 10.2 Å². The number of aromatic carboxylic acids is 1. The molecule has 1 aromatic carbocycles. The maximum Gasteiger partial charge on any atom is 0.355 e. The van der Waals surface area contributed by atoms with Crippen LogP contribution >= 0.6 is 11.3 Å². The van der Waals surface area contributed by atoms with Gasteiger partial charge in [-0.3, -0.25) is 4.68 Å². The molecule has 6 heterocycles. The van der Waals surface area contributed by atoms with Crippen LogP contribution in [-0.2, 0) is 17.7 Å². The minimum atomic E-state index is -1.06. The van der Waals surface area contributed by atoms with Crippen LogP contribution in [0.25, 0.3) is 21.3 Å². The van der Waals surface area contributed by atoms with Crippen LogP contribution in [0, 0.1) is 30.1 Å². The molecule has 5 fully saturated rings. The maximum atomic E-state index is 13.0. The molecule has 5 aromatic rings. The van der Waals surface area contributed by atoms with Gasteiger partial charge in [0.25, 0.3) is 0 Å². The molecule has 0 radical (unpaired) electrons. The molecule has 11 rings (SSSR count). The molecule has 4 aliphatic carbocycles. The molecule has 4 bridgehead atoms. The van der Waals surface area contributed by atoms with Crippen molar-refractivity contribution in [2.24, 2.45) is 16.2 Å². The maximum absolute atomic E-state index is 13.0. The third-order valence-electron chi connectivity index (χ3n) is 14.3. The van der Waals surface area contributed by atoms with Crippen LogP contribution in [0.3, 0.4) is 0 Å². The number of hydrogen-bond donors (Lipinski definition) is 2. The number of aromatic nitrogens is 6. The van der Waals surface area contributed by atoms with Crippen molar-refractivity contribution in [2.45, 2.75) is 117 Å². The molecule has 2 N–H and O–H groups in total.